The number of benzene rings is 1. The first-order valence-electron chi connectivity index (χ1n) is 7.01. The molecule has 130 valence electrons. The Balaban J connectivity index is 2.72. The van der Waals surface area contributed by atoms with Crippen LogP contribution in [0.1, 0.15) is 23.8 Å². The first kappa shape index (κ1) is 17.9. The minimum Gasteiger partial charge on any atom is -0.351 e. The van der Waals surface area contributed by atoms with Gasteiger partial charge in [-0.25, -0.2) is 8.78 Å². The molecule has 4 nitrogen and oxygen atoms in total. The van der Waals surface area contributed by atoms with Gasteiger partial charge >= 0.3 is 6.18 Å². The maximum Gasteiger partial charge on any atom is 0.406 e. The van der Waals surface area contributed by atoms with Gasteiger partial charge in [-0.05, 0) is 30.0 Å². The predicted molar refractivity (Wildman–Crippen MR) is 76.8 cm³/mol. The van der Waals surface area contributed by atoms with Crippen molar-refractivity contribution in [3.63, 3.8) is 0 Å². The van der Waals surface area contributed by atoms with E-state index < -0.39 is 46.9 Å². The maximum atomic E-state index is 13.3. The Morgan fingerprint density at radius 1 is 1.17 bits per heavy atom. The Morgan fingerprint density at radius 2 is 1.79 bits per heavy atom. The van der Waals surface area contributed by atoms with Crippen molar-refractivity contribution in [2.45, 2.75) is 26.1 Å². The molecule has 1 N–H and O–H groups in total. The van der Waals surface area contributed by atoms with Crippen LogP contribution in [0.5, 0.6) is 0 Å². The molecule has 0 bridgehead atoms. The summed E-state index contributed by atoms with van der Waals surface area (Å²) in [7, 11) is 0. The molecule has 2 aromatic rings. The van der Waals surface area contributed by atoms with Gasteiger partial charge in [-0.3, -0.25) is 14.2 Å². The Hall–Kier alpha value is -2.45. The monoisotopic (exact) mass is 348 g/mol. The average Bonchev–Trinajstić information content (AvgIpc) is 2.48. The van der Waals surface area contributed by atoms with E-state index >= 15 is 0 Å². The number of aromatic nitrogens is 1. The van der Waals surface area contributed by atoms with Gasteiger partial charge in [-0.1, -0.05) is 6.92 Å². The summed E-state index contributed by atoms with van der Waals surface area (Å²) in [6.07, 6.45) is -4.24. The molecule has 1 amide bonds. The van der Waals surface area contributed by atoms with Crippen molar-refractivity contribution in [1.82, 2.24) is 9.88 Å². The van der Waals surface area contributed by atoms with Crippen LogP contribution in [0.15, 0.2) is 23.0 Å². The second kappa shape index (κ2) is 6.58. The number of amides is 1. The van der Waals surface area contributed by atoms with Crippen molar-refractivity contribution < 1.29 is 26.7 Å². The predicted octanol–water partition coefficient (Wildman–Crippen LogP) is 2.98. The molecule has 0 unspecified atom stereocenters. The molecule has 0 saturated heterocycles. The summed E-state index contributed by atoms with van der Waals surface area (Å²) in [4.78, 5) is 24.3. The summed E-state index contributed by atoms with van der Waals surface area (Å²) < 4.78 is 65.0. The number of hydrogen-bond acceptors (Lipinski definition) is 2. The number of fused-ring (bicyclic) bond motifs is 1. The highest BCUT2D eigenvalue weighted by Crippen LogP contribution is 2.21. The molecule has 0 atom stereocenters. The van der Waals surface area contributed by atoms with Crippen molar-refractivity contribution in [3.05, 3.63) is 45.9 Å². The van der Waals surface area contributed by atoms with Crippen molar-refractivity contribution in [2.75, 3.05) is 6.54 Å². The van der Waals surface area contributed by atoms with E-state index in [-0.39, 0.29) is 16.5 Å². The molecule has 24 heavy (non-hydrogen) atoms. The van der Waals surface area contributed by atoms with E-state index in [2.05, 4.69) is 5.32 Å². The van der Waals surface area contributed by atoms with Gasteiger partial charge in [0.15, 0.2) is 11.6 Å². The van der Waals surface area contributed by atoms with Gasteiger partial charge in [0.2, 0.25) is 0 Å². The fraction of sp³-hybridized carbons (Fsp3) is 0.333. The van der Waals surface area contributed by atoms with Gasteiger partial charge in [-0.2, -0.15) is 13.2 Å². The fourth-order valence-electron chi connectivity index (χ4n) is 2.20. The Morgan fingerprint density at radius 3 is 2.38 bits per heavy atom. The van der Waals surface area contributed by atoms with Gasteiger partial charge in [0.25, 0.3) is 11.5 Å². The number of halogens is 5. The third-order valence-corrected chi connectivity index (χ3v) is 3.26. The number of carbonyl (C=O) groups is 1. The zero-order chi connectivity index (χ0) is 18.1. The summed E-state index contributed by atoms with van der Waals surface area (Å²) >= 11 is 0. The summed E-state index contributed by atoms with van der Waals surface area (Å²) in [5.41, 5.74) is -1.78. The standard InChI is InChI=1S/C15H13F5N2O2/c1-2-3-21-13(23)12-5-8-4-10(16)11(17)6-9(8)14(24)22(12)7-15(18,19)20/h4-6H,2-3,7H2,1H3,(H,21,23). The molecule has 1 heterocycles. The van der Waals surface area contributed by atoms with Gasteiger partial charge < -0.3 is 5.32 Å². The average molecular weight is 348 g/mol. The van der Waals surface area contributed by atoms with Crippen LogP contribution in [-0.4, -0.2) is 23.2 Å². The van der Waals surface area contributed by atoms with Crippen LogP contribution in [-0.2, 0) is 6.54 Å². The van der Waals surface area contributed by atoms with Gasteiger partial charge in [0.1, 0.15) is 12.2 Å². The molecular formula is C15H13F5N2O2. The third kappa shape index (κ3) is 3.72. The van der Waals surface area contributed by atoms with Crippen molar-refractivity contribution >= 4 is 16.7 Å². The first-order valence-corrected chi connectivity index (χ1v) is 7.01. The van der Waals surface area contributed by atoms with Crippen LogP contribution in [0.4, 0.5) is 22.0 Å². The molecular weight excluding hydrogens is 335 g/mol. The number of nitrogens with zero attached hydrogens (tertiary/aromatic N) is 1. The van der Waals surface area contributed by atoms with E-state index in [1.54, 1.807) is 6.92 Å². The van der Waals surface area contributed by atoms with Crippen molar-refractivity contribution in [2.24, 2.45) is 0 Å². The quantitative estimate of drug-likeness (QED) is 0.864. The number of pyridine rings is 1. The Kier molecular flexibility index (Phi) is 4.91. The number of carbonyl (C=O) groups excluding carboxylic acids is 1. The Labute approximate surface area is 132 Å². The molecule has 0 saturated carbocycles. The largest absolute Gasteiger partial charge is 0.406 e. The van der Waals surface area contributed by atoms with Crippen LogP contribution in [0.3, 0.4) is 0 Å². The van der Waals surface area contributed by atoms with Gasteiger partial charge in [0.05, 0.1) is 5.39 Å². The maximum absolute atomic E-state index is 13.3. The summed E-state index contributed by atoms with van der Waals surface area (Å²) in [5.74, 6) is -3.53. The lowest BCUT2D eigenvalue weighted by molar-refractivity contribution is -0.141. The van der Waals surface area contributed by atoms with E-state index in [1.807, 2.05) is 0 Å². The molecule has 9 heteroatoms. The molecule has 1 aromatic heterocycles. The van der Waals surface area contributed by atoms with E-state index in [9.17, 15) is 31.5 Å². The highest BCUT2D eigenvalue weighted by Gasteiger charge is 2.31. The second-order valence-corrected chi connectivity index (χ2v) is 5.15. The number of hydrogen-bond donors (Lipinski definition) is 1. The summed E-state index contributed by atoms with van der Waals surface area (Å²) in [6, 6.07) is 2.13. The molecule has 2 rings (SSSR count). The lowest BCUT2D eigenvalue weighted by Gasteiger charge is -2.16. The zero-order valence-electron chi connectivity index (χ0n) is 12.5. The molecule has 0 aliphatic carbocycles. The highest BCUT2D eigenvalue weighted by molar-refractivity contribution is 5.96. The first-order chi connectivity index (χ1) is 11.1. The highest BCUT2D eigenvalue weighted by atomic mass is 19.4. The molecule has 0 spiro atoms. The summed E-state index contributed by atoms with van der Waals surface area (Å²) in [5, 5.41) is 1.77. The Bertz CT molecular complexity index is 842. The SMILES string of the molecule is CCCNC(=O)c1cc2cc(F)c(F)cc2c(=O)n1CC(F)(F)F. The van der Waals surface area contributed by atoms with Crippen molar-refractivity contribution in [3.8, 4) is 0 Å². The minimum absolute atomic E-state index is 0.154. The van der Waals surface area contributed by atoms with Gasteiger partial charge in [0, 0.05) is 6.54 Å². The van der Waals surface area contributed by atoms with Crippen LogP contribution >= 0.6 is 0 Å². The van der Waals surface area contributed by atoms with E-state index in [1.165, 1.54) is 0 Å². The smallest absolute Gasteiger partial charge is 0.351 e. The minimum atomic E-state index is -4.77. The van der Waals surface area contributed by atoms with E-state index in [0.717, 1.165) is 6.07 Å². The van der Waals surface area contributed by atoms with Crippen LogP contribution in [0, 0.1) is 11.6 Å². The molecule has 0 aliphatic heterocycles. The third-order valence-electron chi connectivity index (χ3n) is 3.26. The lowest BCUT2D eigenvalue weighted by atomic mass is 10.1. The second-order valence-electron chi connectivity index (χ2n) is 5.15. The topological polar surface area (TPSA) is 51.1 Å². The number of nitrogens with one attached hydrogen (secondary N) is 1. The van der Waals surface area contributed by atoms with Gasteiger partial charge in [-0.15, -0.1) is 0 Å². The zero-order valence-corrected chi connectivity index (χ0v) is 12.5. The van der Waals surface area contributed by atoms with Crippen LogP contribution in [0.2, 0.25) is 0 Å². The molecule has 0 aliphatic rings. The summed E-state index contributed by atoms with van der Waals surface area (Å²) in [6.45, 7) is 0.214. The number of rotatable bonds is 4. The molecule has 0 radical (unpaired) electrons. The van der Waals surface area contributed by atoms with E-state index in [4.69, 9.17) is 0 Å². The number of alkyl halides is 3. The van der Waals surface area contributed by atoms with Crippen LogP contribution in [0.25, 0.3) is 10.8 Å². The van der Waals surface area contributed by atoms with E-state index in [0.29, 0.717) is 18.6 Å². The molecule has 1 aromatic carbocycles. The van der Waals surface area contributed by atoms with Crippen LogP contribution < -0.4 is 10.9 Å². The normalized spacial score (nSPS) is 11.8. The molecule has 0 fully saturated rings. The lowest BCUT2D eigenvalue weighted by Crippen LogP contribution is -2.36. The van der Waals surface area contributed by atoms with Crippen molar-refractivity contribution in [1.29, 1.82) is 0 Å². The fourth-order valence-corrected chi connectivity index (χ4v) is 2.20.